The van der Waals surface area contributed by atoms with Crippen LogP contribution in [0.25, 0.3) is 0 Å². The van der Waals surface area contributed by atoms with E-state index >= 15 is 0 Å². The molecule has 0 heterocycles. The third kappa shape index (κ3) is 21.2. The second-order valence-electron chi connectivity index (χ2n) is 5.35. The van der Waals surface area contributed by atoms with Gasteiger partial charge in [-0.15, -0.1) is 0 Å². The summed E-state index contributed by atoms with van der Waals surface area (Å²) < 4.78 is 46.5. The van der Waals surface area contributed by atoms with E-state index in [0.717, 1.165) is 12.8 Å². The van der Waals surface area contributed by atoms with Crippen LogP contribution in [-0.4, -0.2) is 66.5 Å². The van der Waals surface area contributed by atoms with Crippen molar-refractivity contribution in [1.82, 2.24) is 4.90 Å². The van der Waals surface area contributed by atoms with Gasteiger partial charge < -0.3 is 9.64 Å². The molecule has 0 rings (SSSR count). The first-order chi connectivity index (χ1) is 10.9. The number of methoxy groups -OCH3 is 1. The number of amides is 1. The summed E-state index contributed by atoms with van der Waals surface area (Å²) in [5.74, 6) is -0.0401. The lowest BCUT2D eigenvalue weighted by molar-refractivity contribution is -0.130. The first kappa shape index (κ1) is 25.5. The molecule has 0 aromatic heterocycles. The van der Waals surface area contributed by atoms with Crippen LogP contribution >= 0.6 is 0 Å². The van der Waals surface area contributed by atoms with E-state index in [0.29, 0.717) is 32.4 Å². The standard InChI is InChI=1S/C8H18N2O4S.C5H13NO2S/c1-10(8(11)4-6-14-2)5-3-7-15(9,12)13;1-2-3-4-5-9(6,7)8/h3-7H2,1-2H3,(H2,9,12,13);2-5H2,1H3,(H2,6,7,8). The van der Waals surface area contributed by atoms with Gasteiger partial charge in [-0.3, -0.25) is 4.79 Å². The van der Waals surface area contributed by atoms with Gasteiger partial charge in [-0.1, -0.05) is 19.8 Å². The highest BCUT2D eigenvalue weighted by Crippen LogP contribution is 1.95. The van der Waals surface area contributed by atoms with Gasteiger partial charge in [0.15, 0.2) is 0 Å². The predicted molar refractivity (Wildman–Crippen MR) is 94.2 cm³/mol. The molecule has 0 bridgehead atoms. The Morgan fingerprint density at radius 3 is 1.92 bits per heavy atom. The van der Waals surface area contributed by atoms with Crippen LogP contribution in [0.4, 0.5) is 0 Å². The number of nitrogens with two attached hydrogens (primary N) is 2. The molecule has 0 spiro atoms. The van der Waals surface area contributed by atoms with E-state index in [-0.39, 0.29) is 17.4 Å². The quantitative estimate of drug-likeness (QED) is 0.460. The third-order valence-corrected chi connectivity index (χ3v) is 4.62. The Balaban J connectivity index is 0. The van der Waals surface area contributed by atoms with Crippen LogP contribution in [0.3, 0.4) is 0 Å². The second-order valence-corrected chi connectivity index (χ2v) is 8.82. The van der Waals surface area contributed by atoms with Crippen LogP contribution in [0.1, 0.15) is 39.0 Å². The minimum Gasteiger partial charge on any atom is -0.384 e. The van der Waals surface area contributed by atoms with E-state index in [4.69, 9.17) is 15.0 Å². The van der Waals surface area contributed by atoms with Crippen LogP contribution in [-0.2, 0) is 29.6 Å². The highest BCUT2D eigenvalue weighted by Gasteiger charge is 2.09. The predicted octanol–water partition coefficient (Wildman–Crippen LogP) is -0.375. The zero-order chi connectivity index (χ0) is 19.2. The summed E-state index contributed by atoms with van der Waals surface area (Å²) in [5.41, 5.74) is 0. The highest BCUT2D eigenvalue weighted by atomic mass is 32.2. The van der Waals surface area contributed by atoms with Crippen molar-refractivity contribution in [2.24, 2.45) is 10.3 Å². The summed E-state index contributed by atoms with van der Waals surface area (Å²) in [6.07, 6.45) is 3.32. The van der Waals surface area contributed by atoms with Crippen molar-refractivity contribution in [2.75, 3.05) is 38.8 Å². The molecule has 146 valence electrons. The number of hydrogen-bond acceptors (Lipinski definition) is 6. The number of sulfonamides is 2. The summed E-state index contributed by atoms with van der Waals surface area (Å²) in [4.78, 5) is 12.8. The van der Waals surface area contributed by atoms with E-state index in [1.807, 2.05) is 6.92 Å². The first-order valence-corrected chi connectivity index (χ1v) is 11.1. The van der Waals surface area contributed by atoms with Crippen LogP contribution in [0.2, 0.25) is 0 Å². The molecule has 24 heavy (non-hydrogen) atoms. The Morgan fingerprint density at radius 1 is 1.00 bits per heavy atom. The molecule has 0 aliphatic rings. The molecular formula is C13H31N3O6S2. The Morgan fingerprint density at radius 2 is 1.50 bits per heavy atom. The number of carbonyl (C=O) groups excluding carboxylic acids is 1. The average molecular weight is 390 g/mol. The molecule has 0 aromatic rings. The molecule has 4 N–H and O–H groups in total. The number of primary sulfonamides is 2. The van der Waals surface area contributed by atoms with E-state index in [9.17, 15) is 21.6 Å². The van der Waals surface area contributed by atoms with Gasteiger partial charge in [-0.2, -0.15) is 0 Å². The number of ether oxygens (including phenoxy) is 1. The maximum atomic E-state index is 11.3. The molecule has 0 aliphatic carbocycles. The molecule has 0 radical (unpaired) electrons. The van der Waals surface area contributed by atoms with E-state index < -0.39 is 20.0 Å². The van der Waals surface area contributed by atoms with Crippen molar-refractivity contribution in [3.8, 4) is 0 Å². The molecule has 0 aromatic carbocycles. The second kappa shape index (κ2) is 13.5. The molecule has 0 aliphatic heterocycles. The molecule has 0 fully saturated rings. The van der Waals surface area contributed by atoms with E-state index in [1.165, 1.54) is 12.0 Å². The topological polar surface area (TPSA) is 150 Å². The lowest BCUT2D eigenvalue weighted by atomic mass is 10.3. The summed E-state index contributed by atoms with van der Waals surface area (Å²) in [5, 5.41) is 9.58. The fourth-order valence-corrected chi connectivity index (χ4v) is 2.70. The molecule has 1 amide bonds. The molecular weight excluding hydrogens is 358 g/mol. The zero-order valence-electron chi connectivity index (χ0n) is 14.7. The number of nitrogens with zero attached hydrogens (tertiary/aromatic N) is 1. The lowest BCUT2D eigenvalue weighted by Crippen LogP contribution is -2.30. The van der Waals surface area contributed by atoms with Crippen LogP contribution in [0.5, 0.6) is 0 Å². The summed E-state index contributed by atoms with van der Waals surface area (Å²) in [6.45, 7) is 2.78. The normalized spacial score (nSPS) is 11.5. The van der Waals surface area contributed by atoms with Gasteiger partial charge in [0.25, 0.3) is 0 Å². The van der Waals surface area contributed by atoms with Crippen molar-refractivity contribution in [3.05, 3.63) is 0 Å². The zero-order valence-corrected chi connectivity index (χ0v) is 16.4. The smallest absolute Gasteiger partial charge is 0.224 e. The summed E-state index contributed by atoms with van der Waals surface area (Å²) in [6, 6.07) is 0. The molecule has 0 saturated carbocycles. The van der Waals surface area contributed by atoms with E-state index in [2.05, 4.69) is 0 Å². The summed E-state index contributed by atoms with van der Waals surface area (Å²) in [7, 11) is -3.47. The third-order valence-electron chi connectivity index (χ3n) is 2.90. The van der Waals surface area contributed by atoms with E-state index in [1.54, 1.807) is 7.05 Å². The van der Waals surface area contributed by atoms with Crippen molar-refractivity contribution in [2.45, 2.75) is 39.0 Å². The first-order valence-electron chi connectivity index (χ1n) is 7.66. The maximum Gasteiger partial charge on any atom is 0.224 e. The van der Waals surface area contributed by atoms with Gasteiger partial charge in [0.2, 0.25) is 26.0 Å². The summed E-state index contributed by atoms with van der Waals surface area (Å²) >= 11 is 0. The largest absolute Gasteiger partial charge is 0.384 e. The van der Waals surface area contributed by atoms with Gasteiger partial charge in [0.05, 0.1) is 24.5 Å². The number of rotatable bonds is 11. The minimum absolute atomic E-state index is 0.0636. The minimum atomic E-state index is -3.43. The van der Waals surface area contributed by atoms with Crippen LogP contribution in [0.15, 0.2) is 0 Å². The van der Waals surface area contributed by atoms with Gasteiger partial charge in [-0.05, 0) is 12.8 Å². The Labute approximate surface area is 145 Å². The molecule has 0 saturated heterocycles. The van der Waals surface area contributed by atoms with Crippen LogP contribution < -0.4 is 10.3 Å². The van der Waals surface area contributed by atoms with Gasteiger partial charge >= 0.3 is 0 Å². The Kier molecular flexibility index (Phi) is 14.4. The van der Waals surface area contributed by atoms with Gasteiger partial charge in [-0.25, -0.2) is 27.1 Å². The molecule has 0 unspecified atom stereocenters. The molecule has 0 atom stereocenters. The fraction of sp³-hybridized carbons (Fsp3) is 0.923. The number of carbonyl (C=O) groups is 1. The van der Waals surface area contributed by atoms with Crippen LogP contribution in [0, 0.1) is 0 Å². The average Bonchev–Trinajstić information content (AvgIpc) is 2.43. The Bertz CT molecular complexity index is 534. The number of unbranched alkanes of at least 4 members (excludes halogenated alkanes) is 2. The Hall–Kier alpha value is -0.750. The van der Waals surface area contributed by atoms with Crippen molar-refractivity contribution in [1.29, 1.82) is 0 Å². The van der Waals surface area contributed by atoms with Crippen molar-refractivity contribution in [3.63, 3.8) is 0 Å². The lowest BCUT2D eigenvalue weighted by Gasteiger charge is -2.16. The van der Waals surface area contributed by atoms with Crippen molar-refractivity contribution >= 4 is 26.0 Å². The molecule has 9 nitrogen and oxygen atoms in total. The van der Waals surface area contributed by atoms with Crippen molar-refractivity contribution < 1.29 is 26.4 Å². The SMILES string of the molecule is CCCCCS(N)(=O)=O.COCCC(=O)N(C)CCCS(N)(=O)=O. The molecule has 11 heteroatoms. The maximum absolute atomic E-state index is 11.3. The fourth-order valence-electron chi connectivity index (χ4n) is 1.56. The van der Waals surface area contributed by atoms with Gasteiger partial charge in [0.1, 0.15) is 0 Å². The highest BCUT2D eigenvalue weighted by molar-refractivity contribution is 7.89. The monoisotopic (exact) mass is 389 g/mol. The van der Waals surface area contributed by atoms with Gasteiger partial charge in [0, 0.05) is 20.7 Å². The number of hydrogen-bond donors (Lipinski definition) is 2.